The zero-order valence-corrected chi connectivity index (χ0v) is 19.2. The van der Waals surface area contributed by atoms with Crippen molar-refractivity contribution < 1.29 is 18.3 Å². The molecule has 4 N–H and O–H groups in total. The molecule has 4 aromatic rings. The molecule has 0 bridgehead atoms. The van der Waals surface area contributed by atoms with E-state index in [0.717, 1.165) is 18.4 Å². The summed E-state index contributed by atoms with van der Waals surface area (Å²) in [5.74, 6) is -1.96. The number of imidazole rings is 1. The Hall–Kier alpha value is -4.05. The maximum Gasteiger partial charge on any atom is 0.251 e. The van der Waals surface area contributed by atoms with Gasteiger partial charge in [-0.2, -0.15) is 4.39 Å². The first-order valence-electron chi connectivity index (χ1n) is 11.1. The van der Waals surface area contributed by atoms with Crippen molar-refractivity contribution in [3.05, 3.63) is 71.7 Å². The Kier molecular flexibility index (Phi) is 5.81. The van der Waals surface area contributed by atoms with Gasteiger partial charge in [-0.05, 0) is 55.7 Å². The Labute approximate surface area is 200 Å². The molecule has 10 heteroatoms. The first-order chi connectivity index (χ1) is 16.9. The number of hydrogen-bond acceptors (Lipinski definition) is 6. The maximum absolute atomic E-state index is 14.7. The van der Waals surface area contributed by atoms with Crippen molar-refractivity contribution >= 4 is 23.1 Å². The summed E-state index contributed by atoms with van der Waals surface area (Å²) in [7, 11) is 1.28. The van der Waals surface area contributed by atoms with Crippen LogP contribution in [0.4, 0.5) is 20.3 Å². The number of carbonyl (C=O) groups is 1. The summed E-state index contributed by atoms with van der Waals surface area (Å²) in [5, 5.41) is 6.20. The van der Waals surface area contributed by atoms with E-state index in [4.69, 9.17) is 10.5 Å². The molecule has 1 amide bonds. The van der Waals surface area contributed by atoms with Gasteiger partial charge in [0.2, 0.25) is 5.82 Å². The van der Waals surface area contributed by atoms with Crippen LogP contribution in [-0.4, -0.2) is 39.5 Å². The summed E-state index contributed by atoms with van der Waals surface area (Å²) in [5.41, 5.74) is 8.72. The number of aryl methyl sites for hydroxylation is 1. The summed E-state index contributed by atoms with van der Waals surface area (Å²) in [4.78, 5) is 21.3. The van der Waals surface area contributed by atoms with Crippen LogP contribution in [0.3, 0.4) is 0 Å². The molecule has 5 rings (SSSR count). The number of nitrogens with one attached hydrogen (secondary N) is 2. The summed E-state index contributed by atoms with van der Waals surface area (Å²) in [6, 6.07) is 8.46. The van der Waals surface area contributed by atoms with Gasteiger partial charge in [0, 0.05) is 41.3 Å². The molecule has 0 aliphatic heterocycles. The molecule has 1 aliphatic carbocycles. The van der Waals surface area contributed by atoms with Crippen molar-refractivity contribution in [3.63, 3.8) is 0 Å². The van der Waals surface area contributed by atoms with Gasteiger partial charge in [0.25, 0.3) is 5.91 Å². The number of halogens is 2. The number of nitrogens with two attached hydrogens (primary N) is 1. The number of benzene rings is 2. The largest absolute Gasteiger partial charge is 0.494 e. The number of fused-ring (bicyclic) bond motifs is 1. The van der Waals surface area contributed by atoms with Crippen LogP contribution in [0.1, 0.15) is 28.8 Å². The second-order valence-corrected chi connectivity index (χ2v) is 8.61. The number of amides is 1. The van der Waals surface area contributed by atoms with Crippen LogP contribution in [0.5, 0.6) is 5.75 Å². The quantitative estimate of drug-likeness (QED) is 0.387. The van der Waals surface area contributed by atoms with Gasteiger partial charge < -0.3 is 21.1 Å². The van der Waals surface area contributed by atoms with E-state index >= 15 is 0 Å². The van der Waals surface area contributed by atoms with Crippen molar-refractivity contribution in [3.8, 4) is 17.0 Å². The van der Waals surface area contributed by atoms with Gasteiger partial charge in [-0.3, -0.25) is 9.20 Å². The van der Waals surface area contributed by atoms with Crippen LogP contribution >= 0.6 is 0 Å². The fourth-order valence-corrected chi connectivity index (χ4v) is 4.27. The highest BCUT2D eigenvalue weighted by Crippen LogP contribution is 2.31. The highest BCUT2D eigenvalue weighted by atomic mass is 19.2. The number of ether oxygens (including phenoxy) is 1. The lowest BCUT2D eigenvalue weighted by Crippen LogP contribution is -2.50. The molecule has 0 radical (unpaired) electrons. The molecule has 0 unspecified atom stereocenters. The van der Waals surface area contributed by atoms with Crippen molar-refractivity contribution in [2.75, 3.05) is 12.4 Å². The first kappa shape index (κ1) is 22.7. The zero-order chi connectivity index (χ0) is 24.7. The van der Waals surface area contributed by atoms with E-state index in [1.165, 1.54) is 31.6 Å². The molecule has 180 valence electrons. The third kappa shape index (κ3) is 4.17. The summed E-state index contributed by atoms with van der Waals surface area (Å²) >= 11 is 0. The second kappa shape index (κ2) is 8.95. The van der Waals surface area contributed by atoms with Crippen LogP contribution < -0.4 is 21.1 Å². The molecule has 1 fully saturated rings. The SMILES string of the molecule is COc1ccc(-c2cnc3c(Nc4ccc(C(=O)N[C@H]5C[C@H](N)C5)c(C)c4)nccn23)c(F)c1F. The maximum atomic E-state index is 14.7. The van der Waals surface area contributed by atoms with E-state index in [-0.39, 0.29) is 29.3 Å². The number of rotatable bonds is 6. The van der Waals surface area contributed by atoms with Gasteiger partial charge in [-0.1, -0.05) is 0 Å². The van der Waals surface area contributed by atoms with Gasteiger partial charge in [0.15, 0.2) is 23.0 Å². The number of nitrogens with zero attached hydrogens (tertiary/aromatic N) is 3. The highest BCUT2D eigenvalue weighted by molar-refractivity contribution is 5.96. The van der Waals surface area contributed by atoms with E-state index in [0.29, 0.717) is 28.4 Å². The van der Waals surface area contributed by atoms with Gasteiger partial charge in [-0.15, -0.1) is 0 Å². The molecule has 0 spiro atoms. The Balaban J connectivity index is 1.41. The van der Waals surface area contributed by atoms with E-state index in [1.54, 1.807) is 22.7 Å². The number of anilines is 2. The first-order valence-corrected chi connectivity index (χ1v) is 11.1. The van der Waals surface area contributed by atoms with Gasteiger partial charge in [0.1, 0.15) is 0 Å². The van der Waals surface area contributed by atoms with Gasteiger partial charge >= 0.3 is 0 Å². The molecule has 35 heavy (non-hydrogen) atoms. The van der Waals surface area contributed by atoms with Crippen molar-refractivity contribution in [2.45, 2.75) is 31.8 Å². The van der Waals surface area contributed by atoms with E-state index in [1.807, 2.05) is 13.0 Å². The molecular formula is C25H24F2N6O2. The summed E-state index contributed by atoms with van der Waals surface area (Å²) in [6.45, 7) is 1.86. The van der Waals surface area contributed by atoms with Crippen LogP contribution in [0.15, 0.2) is 48.9 Å². The van der Waals surface area contributed by atoms with Gasteiger partial charge in [0.05, 0.1) is 19.0 Å². The third-order valence-corrected chi connectivity index (χ3v) is 6.21. The predicted octanol–water partition coefficient (Wildman–Crippen LogP) is 3.95. The molecule has 1 saturated carbocycles. The fourth-order valence-electron chi connectivity index (χ4n) is 4.27. The minimum absolute atomic E-state index is 0.0478. The molecule has 2 heterocycles. The molecule has 1 aliphatic rings. The smallest absolute Gasteiger partial charge is 0.251 e. The summed E-state index contributed by atoms with van der Waals surface area (Å²) < 4.78 is 35.4. The molecule has 0 atom stereocenters. The standard InChI is InChI=1S/C25H24F2N6O2/c1-13-9-15(3-4-17(13)25(34)32-16-10-14(28)11-16)31-23-24-30-12-19(33(24)8-7-29-23)18-5-6-20(35-2)22(27)21(18)26/h3-9,12,14,16H,10-11,28H2,1-2H3,(H,29,31)(H,32,34)/t14-,16-. The van der Waals surface area contributed by atoms with Crippen LogP contribution in [0, 0.1) is 18.6 Å². The number of aromatic nitrogens is 3. The monoisotopic (exact) mass is 478 g/mol. The Morgan fingerprint density at radius 1 is 1.17 bits per heavy atom. The van der Waals surface area contributed by atoms with Crippen LogP contribution in [0.25, 0.3) is 16.9 Å². The van der Waals surface area contributed by atoms with Gasteiger partial charge in [-0.25, -0.2) is 14.4 Å². The summed E-state index contributed by atoms with van der Waals surface area (Å²) in [6.07, 6.45) is 6.20. The minimum atomic E-state index is -1.06. The molecule has 2 aromatic carbocycles. The van der Waals surface area contributed by atoms with E-state index < -0.39 is 11.6 Å². The highest BCUT2D eigenvalue weighted by Gasteiger charge is 2.27. The lowest BCUT2D eigenvalue weighted by Gasteiger charge is -2.33. The average molecular weight is 479 g/mol. The van der Waals surface area contributed by atoms with E-state index in [9.17, 15) is 13.6 Å². The molecule has 2 aromatic heterocycles. The Morgan fingerprint density at radius 3 is 2.69 bits per heavy atom. The minimum Gasteiger partial charge on any atom is -0.494 e. The van der Waals surface area contributed by atoms with Crippen LogP contribution in [-0.2, 0) is 0 Å². The molecule has 8 nitrogen and oxygen atoms in total. The van der Waals surface area contributed by atoms with Crippen LogP contribution in [0.2, 0.25) is 0 Å². The predicted molar refractivity (Wildman–Crippen MR) is 128 cm³/mol. The number of carbonyl (C=O) groups excluding carboxylic acids is 1. The Morgan fingerprint density at radius 2 is 1.97 bits per heavy atom. The lowest BCUT2D eigenvalue weighted by molar-refractivity contribution is 0.0909. The molecular weight excluding hydrogens is 454 g/mol. The number of hydrogen-bond donors (Lipinski definition) is 3. The van der Waals surface area contributed by atoms with Crippen molar-refractivity contribution in [2.24, 2.45) is 5.73 Å². The van der Waals surface area contributed by atoms with Crippen molar-refractivity contribution in [1.29, 1.82) is 0 Å². The zero-order valence-electron chi connectivity index (χ0n) is 19.2. The normalized spacial score (nSPS) is 17.2. The fraction of sp³-hybridized carbons (Fsp3) is 0.240. The Bertz CT molecular complexity index is 1430. The average Bonchev–Trinajstić information content (AvgIpc) is 3.25. The van der Waals surface area contributed by atoms with E-state index in [2.05, 4.69) is 20.6 Å². The third-order valence-electron chi connectivity index (χ3n) is 6.21. The lowest BCUT2D eigenvalue weighted by atomic mass is 9.87. The number of methoxy groups -OCH3 is 1. The molecule has 0 saturated heterocycles. The second-order valence-electron chi connectivity index (χ2n) is 8.61. The van der Waals surface area contributed by atoms with Crippen molar-refractivity contribution in [1.82, 2.24) is 19.7 Å². The topological polar surface area (TPSA) is 107 Å².